The van der Waals surface area contributed by atoms with E-state index in [2.05, 4.69) is 9.97 Å². The first-order valence-corrected chi connectivity index (χ1v) is 21.0. The monoisotopic (exact) mass is 862 g/mol. The third-order valence-corrected chi connectivity index (χ3v) is 12.3. The highest BCUT2D eigenvalue weighted by molar-refractivity contribution is 7.53. The smallest absolute Gasteiger partial charge is 0.356 e. The predicted molar refractivity (Wildman–Crippen MR) is 219 cm³/mol. The lowest BCUT2D eigenvalue weighted by molar-refractivity contribution is -0.150. The highest BCUT2D eigenvalue weighted by Gasteiger charge is 2.46. The molecule has 2 N–H and O–H groups in total. The van der Waals surface area contributed by atoms with Crippen molar-refractivity contribution >= 4 is 7.60 Å². The van der Waals surface area contributed by atoms with Crippen LogP contribution in [0.3, 0.4) is 0 Å². The second-order valence-corrected chi connectivity index (χ2v) is 16.4. The van der Waals surface area contributed by atoms with Crippen molar-refractivity contribution in [2.45, 2.75) is 62.4 Å². The average Bonchev–Trinajstić information content (AvgIpc) is 3.88. The van der Waals surface area contributed by atoms with Crippen LogP contribution < -0.4 is 32.0 Å². The number of H-pyrrole nitrogens is 2. The summed E-state index contributed by atoms with van der Waals surface area (Å²) in [7, 11) is 1.66. The van der Waals surface area contributed by atoms with Gasteiger partial charge in [0.1, 0.15) is 41.6 Å². The molecule has 7 rings (SSSR count). The Hall–Kier alpha value is -5.43. The van der Waals surface area contributed by atoms with Gasteiger partial charge in [0.2, 0.25) is 0 Å². The SMILES string of the molecule is COc1ccc(C(OC[C@H]2O[C@@H](n3cc(C)c(=O)[nH]c3=O)C[C@@H]2OP(=O)(CO[C@@H]2C[C@@H](OC)[C@H](n3ccc(=O)[nH]c3=O)O2)OC)(c2ccccc2)c2ccc(OC)cc2)cc1. The van der Waals surface area contributed by atoms with E-state index >= 15 is 0 Å². The standard InChI is InChI=1S/C42H47N4O14P/c1-26-23-46(41(50)44-38(26)48)36-21-32(60-61(51,55-5)25-56-37-22-33(54-4)39(59-37)45-20-19-35(47)43-40(45)49)34(58-36)24-57-42(27-9-7-6-8-10-27,28-11-15-30(52-2)16-12-28)29-13-17-31(53-3)18-14-29/h6-20,23,32-34,36-37,39H,21-22,24-25H2,1-5H3,(H,43,47,49)(H,44,48,50)/t32-,33+,34+,36+,37-,39+,61?/m0/s1. The first-order chi connectivity index (χ1) is 29.4. The molecule has 2 aliphatic heterocycles. The molecular formula is C42H47N4O14P. The molecule has 4 heterocycles. The summed E-state index contributed by atoms with van der Waals surface area (Å²) < 4.78 is 70.7. The van der Waals surface area contributed by atoms with Crippen molar-refractivity contribution in [3.8, 4) is 11.5 Å². The highest BCUT2D eigenvalue weighted by atomic mass is 31.2. The fourth-order valence-corrected chi connectivity index (χ4v) is 8.75. The minimum absolute atomic E-state index is 0.0148. The molecular weight excluding hydrogens is 815 g/mol. The van der Waals surface area contributed by atoms with E-state index in [1.54, 1.807) is 21.1 Å². The Balaban J connectivity index is 1.20. The summed E-state index contributed by atoms with van der Waals surface area (Å²) in [5.41, 5.74) is -1.28. The number of methoxy groups -OCH3 is 3. The van der Waals surface area contributed by atoms with Crippen LogP contribution in [0.5, 0.6) is 11.5 Å². The Bertz CT molecular complexity index is 2510. The van der Waals surface area contributed by atoms with E-state index in [1.165, 1.54) is 41.8 Å². The zero-order valence-electron chi connectivity index (χ0n) is 34.1. The van der Waals surface area contributed by atoms with E-state index in [0.717, 1.165) is 16.7 Å². The van der Waals surface area contributed by atoms with E-state index < -0.39 is 79.1 Å². The van der Waals surface area contributed by atoms with Gasteiger partial charge in [-0.25, -0.2) is 9.59 Å². The predicted octanol–water partition coefficient (Wildman–Crippen LogP) is 4.17. The summed E-state index contributed by atoms with van der Waals surface area (Å²) in [6.45, 7) is 1.39. The number of nitrogens with zero attached hydrogens (tertiary/aromatic N) is 2. The van der Waals surface area contributed by atoms with Gasteiger partial charge in [-0.3, -0.25) is 33.3 Å². The van der Waals surface area contributed by atoms with E-state index in [1.807, 2.05) is 78.9 Å². The van der Waals surface area contributed by atoms with Crippen molar-refractivity contribution in [2.24, 2.45) is 0 Å². The zero-order valence-corrected chi connectivity index (χ0v) is 35.0. The summed E-state index contributed by atoms with van der Waals surface area (Å²) >= 11 is 0. The molecule has 1 unspecified atom stereocenters. The molecule has 0 radical (unpaired) electrons. The van der Waals surface area contributed by atoms with Crippen LogP contribution in [0.1, 0.15) is 47.6 Å². The van der Waals surface area contributed by atoms with Crippen molar-refractivity contribution in [2.75, 3.05) is 41.4 Å². The first kappa shape index (κ1) is 43.7. The molecule has 3 aromatic carbocycles. The average molecular weight is 863 g/mol. The normalized spacial score (nSPS) is 22.5. The number of aromatic amines is 2. The van der Waals surface area contributed by atoms with Crippen LogP contribution in [-0.4, -0.2) is 85.1 Å². The molecule has 2 fully saturated rings. The minimum atomic E-state index is -4.15. The molecule has 0 spiro atoms. The fourth-order valence-electron chi connectivity index (χ4n) is 7.52. The van der Waals surface area contributed by atoms with Crippen LogP contribution in [0.2, 0.25) is 0 Å². The molecule has 0 amide bonds. The number of ether oxygens (including phenoxy) is 7. The van der Waals surface area contributed by atoms with Crippen molar-refractivity contribution < 1.29 is 46.8 Å². The van der Waals surface area contributed by atoms with Crippen LogP contribution in [0.15, 0.2) is 117 Å². The fraction of sp³-hybridized carbons (Fsp3) is 0.381. The van der Waals surface area contributed by atoms with Crippen LogP contribution in [0.25, 0.3) is 0 Å². The molecule has 18 nitrogen and oxygen atoms in total. The third kappa shape index (κ3) is 9.27. The maximum Gasteiger partial charge on any atom is 0.356 e. The lowest BCUT2D eigenvalue weighted by Crippen LogP contribution is -2.38. The topological polar surface area (TPSA) is 210 Å². The lowest BCUT2D eigenvalue weighted by Gasteiger charge is -2.37. The molecule has 19 heteroatoms. The van der Waals surface area contributed by atoms with Gasteiger partial charge in [-0.15, -0.1) is 0 Å². The minimum Gasteiger partial charge on any atom is -0.497 e. The van der Waals surface area contributed by atoms with Crippen LogP contribution in [0, 0.1) is 6.92 Å². The van der Waals surface area contributed by atoms with Crippen molar-refractivity contribution in [1.82, 2.24) is 19.1 Å². The highest BCUT2D eigenvalue weighted by Crippen LogP contribution is 2.52. The van der Waals surface area contributed by atoms with Gasteiger partial charge in [0.15, 0.2) is 18.9 Å². The molecule has 7 atom stereocenters. The molecule has 0 saturated carbocycles. The largest absolute Gasteiger partial charge is 0.497 e. The summed E-state index contributed by atoms with van der Waals surface area (Å²) in [5, 5.41) is 0. The van der Waals surface area contributed by atoms with E-state index in [0.29, 0.717) is 11.5 Å². The summed E-state index contributed by atoms with van der Waals surface area (Å²) in [5.74, 6) is 1.27. The molecule has 2 saturated heterocycles. The molecule has 0 aliphatic carbocycles. The van der Waals surface area contributed by atoms with Gasteiger partial charge < -0.3 is 42.2 Å². The third-order valence-electron chi connectivity index (χ3n) is 10.7. The maximum absolute atomic E-state index is 14.4. The van der Waals surface area contributed by atoms with Gasteiger partial charge in [0.25, 0.3) is 11.1 Å². The molecule has 0 bridgehead atoms. The molecule has 324 valence electrons. The maximum atomic E-state index is 14.4. The summed E-state index contributed by atoms with van der Waals surface area (Å²) in [6, 6.07) is 25.7. The molecule has 61 heavy (non-hydrogen) atoms. The number of hydrogen-bond donors (Lipinski definition) is 2. The summed E-state index contributed by atoms with van der Waals surface area (Å²) in [4.78, 5) is 54.2. The van der Waals surface area contributed by atoms with Gasteiger partial charge >= 0.3 is 19.0 Å². The van der Waals surface area contributed by atoms with Crippen LogP contribution in [-0.2, 0) is 42.9 Å². The number of aryl methyl sites for hydroxylation is 1. The second-order valence-electron chi connectivity index (χ2n) is 14.4. The number of aromatic nitrogens is 4. The van der Waals surface area contributed by atoms with Gasteiger partial charge in [-0.05, 0) is 47.9 Å². The Morgan fingerprint density at radius 1 is 0.754 bits per heavy atom. The molecule has 2 aliphatic rings. The van der Waals surface area contributed by atoms with E-state index in [-0.39, 0.29) is 25.0 Å². The second kappa shape index (κ2) is 18.7. The number of hydrogen-bond acceptors (Lipinski definition) is 14. The summed E-state index contributed by atoms with van der Waals surface area (Å²) in [6.07, 6.45) is -3.44. The van der Waals surface area contributed by atoms with E-state index in [4.69, 9.17) is 42.2 Å². The number of benzene rings is 3. The van der Waals surface area contributed by atoms with Crippen LogP contribution >= 0.6 is 7.60 Å². The van der Waals surface area contributed by atoms with Crippen molar-refractivity contribution in [3.63, 3.8) is 0 Å². The van der Waals surface area contributed by atoms with Gasteiger partial charge in [-0.1, -0.05) is 54.6 Å². The van der Waals surface area contributed by atoms with Crippen LogP contribution in [0.4, 0.5) is 0 Å². The zero-order chi connectivity index (χ0) is 43.3. The van der Waals surface area contributed by atoms with E-state index in [9.17, 15) is 23.7 Å². The molecule has 5 aromatic rings. The van der Waals surface area contributed by atoms with Gasteiger partial charge in [0, 0.05) is 51.1 Å². The first-order valence-electron chi connectivity index (χ1n) is 19.3. The van der Waals surface area contributed by atoms with Crippen molar-refractivity contribution in [3.05, 3.63) is 161 Å². The Morgan fingerprint density at radius 3 is 1.97 bits per heavy atom. The molecule has 2 aromatic heterocycles. The van der Waals surface area contributed by atoms with Crippen molar-refractivity contribution in [1.29, 1.82) is 0 Å². The lowest BCUT2D eigenvalue weighted by atomic mass is 9.80. The van der Waals surface area contributed by atoms with Gasteiger partial charge in [0.05, 0.1) is 20.8 Å². The van der Waals surface area contributed by atoms with Gasteiger partial charge in [-0.2, -0.15) is 0 Å². The quantitative estimate of drug-likeness (QED) is 0.0994. The Kier molecular flexibility index (Phi) is 13.4. The number of rotatable bonds is 17. The number of nitrogens with one attached hydrogen (secondary N) is 2. The Labute approximate surface area is 349 Å². The Morgan fingerprint density at radius 2 is 1.38 bits per heavy atom.